The number of aryl methyl sites for hydroxylation is 2. The van der Waals surface area contributed by atoms with Gasteiger partial charge in [0.1, 0.15) is 4.70 Å². The lowest BCUT2D eigenvalue weighted by molar-refractivity contribution is 0.754. The minimum atomic E-state index is -0.0279. The third-order valence-electron chi connectivity index (χ3n) is 2.61. The van der Waals surface area contributed by atoms with Crippen molar-refractivity contribution in [2.24, 2.45) is 0 Å². The molecule has 0 saturated carbocycles. The molecule has 0 aromatic carbocycles. The maximum absolute atomic E-state index is 12.1. The van der Waals surface area contributed by atoms with Gasteiger partial charge in [-0.3, -0.25) is 9.36 Å². The molecule has 0 aliphatic rings. The summed E-state index contributed by atoms with van der Waals surface area (Å²) in [4.78, 5) is 16.4. The van der Waals surface area contributed by atoms with E-state index >= 15 is 0 Å². The summed E-state index contributed by atoms with van der Waals surface area (Å²) in [6.07, 6.45) is 1.67. The highest BCUT2D eigenvalue weighted by Crippen LogP contribution is 2.25. The second kappa shape index (κ2) is 3.99. The molecule has 0 radical (unpaired) electrons. The van der Waals surface area contributed by atoms with Crippen molar-refractivity contribution in [2.45, 2.75) is 20.4 Å². The van der Waals surface area contributed by atoms with Crippen LogP contribution < -0.4 is 5.56 Å². The van der Waals surface area contributed by atoms with Crippen LogP contribution in [0, 0.1) is 18.6 Å². The van der Waals surface area contributed by atoms with Gasteiger partial charge in [-0.1, -0.05) is 6.08 Å². The summed E-state index contributed by atoms with van der Waals surface area (Å²) in [5, 5.41) is 0. The molecule has 0 amide bonds. The monoisotopic (exact) mass is 252 g/mol. The molecule has 2 aromatic rings. The first-order valence-electron chi connectivity index (χ1n) is 4.90. The number of fused-ring (bicyclic) bond motifs is 1. The molecule has 2 rings (SSSR count). The van der Waals surface area contributed by atoms with Crippen LogP contribution in [0.3, 0.4) is 0 Å². The summed E-state index contributed by atoms with van der Waals surface area (Å²) in [7, 11) is 0. The number of rotatable bonds is 2. The van der Waals surface area contributed by atoms with Gasteiger partial charge in [0.05, 0.1) is 5.52 Å². The molecule has 0 fully saturated rings. The van der Waals surface area contributed by atoms with E-state index in [-0.39, 0.29) is 5.56 Å². The van der Waals surface area contributed by atoms with E-state index in [1.807, 2.05) is 13.8 Å². The molecule has 2 heterocycles. The smallest absolute Gasteiger partial charge is 0.272 e. The van der Waals surface area contributed by atoms with Gasteiger partial charge in [-0.2, -0.15) is 0 Å². The van der Waals surface area contributed by atoms with Gasteiger partial charge >= 0.3 is 0 Å². The Bertz CT molecular complexity index is 676. The van der Waals surface area contributed by atoms with Crippen LogP contribution in [0.25, 0.3) is 10.2 Å². The van der Waals surface area contributed by atoms with Gasteiger partial charge in [-0.05, 0) is 31.6 Å². The van der Waals surface area contributed by atoms with Crippen LogP contribution in [-0.4, -0.2) is 9.55 Å². The topological polar surface area (TPSA) is 37.8 Å². The third-order valence-corrected chi connectivity index (χ3v) is 4.13. The van der Waals surface area contributed by atoms with Crippen LogP contribution in [0.1, 0.15) is 10.4 Å². The molecule has 0 bridgehead atoms. The highest BCUT2D eigenvalue weighted by atomic mass is 32.1. The lowest BCUT2D eigenvalue weighted by Gasteiger charge is -2.02. The molecule has 0 spiro atoms. The quantitative estimate of drug-likeness (QED) is 0.659. The lowest BCUT2D eigenvalue weighted by atomic mass is 10.2. The van der Waals surface area contributed by atoms with Crippen LogP contribution in [0.5, 0.6) is 0 Å². The molecule has 0 aliphatic carbocycles. The molecule has 5 heteroatoms. The average Bonchev–Trinajstić information content (AvgIpc) is 2.52. The number of thiophene rings is 1. The highest BCUT2D eigenvalue weighted by Gasteiger charge is 2.11. The van der Waals surface area contributed by atoms with Gasteiger partial charge in [0.2, 0.25) is 0 Å². The van der Waals surface area contributed by atoms with Gasteiger partial charge < -0.3 is 4.98 Å². The molecule has 84 valence electrons. The van der Waals surface area contributed by atoms with Crippen LogP contribution in [-0.2, 0) is 6.54 Å². The fraction of sp³-hybridized carbons (Fsp3) is 0.273. The van der Waals surface area contributed by atoms with E-state index in [2.05, 4.69) is 11.6 Å². The molecule has 3 nitrogen and oxygen atoms in total. The first-order chi connectivity index (χ1) is 7.56. The third kappa shape index (κ3) is 1.56. The number of hydrogen-bond acceptors (Lipinski definition) is 3. The Hall–Kier alpha value is -1.20. The van der Waals surface area contributed by atoms with E-state index in [4.69, 9.17) is 12.2 Å². The van der Waals surface area contributed by atoms with Crippen molar-refractivity contribution in [3.63, 3.8) is 0 Å². The molecule has 0 saturated heterocycles. The average molecular weight is 252 g/mol. The highest BCUT2D eigenvalue weighted by molar-refractivity contribution is 7.71. The van der Waals surface area contributed by atoms with Gasteiger partial charge in [-0.15, -0.1) is 17.9 Å². The zero-order valence-corrected chi connectivity index (χ0v) is 10.8. The van der Waals surface area contributed by atoms with Crippen molar-refractivity contribution in [1.29, 1.82) is 0 Å². The lowest BCUT2D eigenvalue weighted by Crippen LogP contribution is -2.20. The van der Waals surface area contributed by atoms with Crippen molar-refractivity contribution in [2.75, 3.05) is 0 Å². The van der Waals surface area contributed by atoms with Crippen molar-refractivity contribution in [1.82, 2.24) is 9.55 Å². The number of hydrogen-bond donors (Lipinski definition) is 1. The fourth-order valence-corrected chi connectivity index (χ4v) is 2.94. The van der Waals surface area contributed by atoms with Crippen LogP contribution in [0.2, 0.25) is 0 Å². The maximum Gasteiger partial charge on any atom is 0.272 e. The van der Waals surface area contributed by atoms with E-state index in [0.29, 0.717) is 11.3 Å². The summed E-state index contributed by atoms with van der Waals surface area (Å²) in [5.74, 6) is 0. The van der Waals surface area contributed by atoms with E-state index in [0.717, 1.165) is 20.7 Å². The predicted molar refractivity (Wildman–Crippen MR) is 70.9 cm³/mol. The van der Waals surface area contributed by atoms with Gasteiger partial charge in [0.25, 0.3) is 5.56 Å². The maximum atomic E-state index is 12.1. The van der Waals surface area contributed by atoms with E-state index in [1.165, 1.54) is 15.9 Å². The number of aromatic amines is 1. The molecule has 0 unspecified atom stereocenters. The van der Waals surface area contributed by atoms with E-state index in [1.54, 1.807) is 6.08 Å². The molecule has 16 heavy (non-hydrogen) atoms. The molecule has 0 aliphatic heterocycles. The molecule has 2 aromatic heterocycles. The van der Waals surface area contributed by atoms with Crippen LogP contribution in [0.4, 0.5) is 0 Å². The van der Waals surface area contributed by atoms with Gasteiger partial charge in [0, 0.05) is 11.4 Å². The Morgan fingerprint density at radius 3 is 2.88 bits per heavy atom. The number of nitrogens with one attached hydrogen (secondary N) is 1. The van der Waals surface area contributed by atoms with E-state index < -0.39 is 0 Å². The first kappa shape index (κ1) is 11.3. The van der Waals surface area contributed by atoms with Crippen molar-refractivity contribution in [3.05, 3.63) is 38.2 Å². The number of nitrogens with zero attached hydrogens (tertiary/aromatic N) is 1. The van der Waals surface area contributed by atoms with Crippen molar-refractivity contribution >= 4 is 33.8 Å². The molecular weight excluding hydrogens is 240 g/mol. The minimum absolute atomic E-state index is 0.0279. The Morgan fingerprint density at radius 2 is 2.25 bits per heavy atom. The Morgan fingerprint density at radius 1 is 1.56 bits per heavy atom. The van der Waals surface area contributed by atoms with Crippen LogP contribution >= 0.6 is 23.6 Å². The predicted octanol–water partition coefficient (Wildman–Crippen LogP) is 2.92. The molecular formula is C11H12N2OS2. The first-order valence-corrected chi connectivity index (χ1v) is 6.12. The zero-order valence-electron chi connectivity index (χ0n) is 9.16. The summed E-state index contributed by atoms with van der Waals surface area (Å²) < 4.78 is 2.73. The number of H-pyrrole nitrogens is 1. The second-order valence-corrected chi connectivity index (χ2v) is 5.23. The summed E-state index contributed by atoms with van der Waals surface area (Å²) in [6, 6.07) is 0. The van der Waals surface area contributed by atoms with Gasteiger partial charge in [0.15, 0.2) is 4.77 Å². The number of aromatic nitrogens is 2. The van der Waals surface area contributed by atoms with Crippen molar-refractivity contribution < 1.29 is 0 Å². The number of allylic oxidation sites excluding steroid dienone is 1. The largest absolute Gasteiger partial charge is 0.331 e. The fourth-order valence-electron chi connectivity index (χ4n) is 1.61. The van der Waals surface area contributed by atoms with Crippen LogP contribution in [0.15, 0.2) is 17.4 Å². The molecule has 1 N–H and O–H groups in total. The Labute approximate surface area is 102 Å². The normalized spacial score (nSPS) is 10.9. The minimum Gasteiger partial charge on any atom is -0.331 e. The summed E-state index contributed by atoms with van der Waals surface area (Å²) in [6.45, 7) is 8.07. The zero-order chi connectivity index (χ0) is 11.9. The van der Waals surface area contributed by atoms with E-state index in [9.17, 15) is 4.79 Å². The SMILES string of the molecule is C=CCn1c(=S)[nH]c2c(C)c(C)sc2c1=O. The standard InChI is InChI=1S/C11H12N2OS2/c1-4-5-13-10(14)9-8(12-11(13)15)6(2)7(3)16-9/h4H,1,5H2,2-3H3,(H,12,15). The summed E-state index contributed by atoms with van der Waals surface area (Å²) >= 11 is 6.67. The van der Waals surface area contributed by atoms with Crippen molar-refractivity contribution in [3.8, 4) is 0 Å². The molecule has 0 atom stereocenters. The summed E-state index contributed by atoms with van der Waals surface area (Å²) in [5.41, 5.74) is 1.95. The Kier molecular flexibility index (Phi) is 2.82. The Balaban J connectivity index is 2.94. The second-order valence-electron chi connectivity index (χ2n) is 3.62. The van der Waals surface area contributed by atoms with Gasteiger partial charge in [-0.25, -0.2) is 0 Å².